The molecule has 0 spiro atoms. The third kappa shape index (κ3) is 45.0. The zero-order chi connectivity index (χ0) is 57.5. The van der Waals surface area contributed by atoms with Gasteiger partial charge in [0.05, 0.1) is 25.4 Å². The van der Waals surface area contributed by atoms with Crippen molar-refractivity contribution in [3.8, 4) is 0 Å². The summed E-state index contributed by atoms with van der Waals surface area (Å²) in [6.45, 7) is 3.52. The second-order valence-electron chi connectivity index (χ2n) is 24.6. The molecule has 1 aliphatic rings. The van der Waals surface area contributed by atoms with Gasteiger partial charge in [0.1, 0.15) is 36.6 Å². The first-order valence-electron chi connectivity index (χ1n) is 34.6. The number of allylic oxidation sites excluding steroid dienone is 2. The summed E-state index contributed by atoms with van der Waals surface area (Å²) in [6, 6.07) is -1.17. The molecule has 0 aliphatic carbocycles. The molecule has 1 fully saturated rings. The summed E-state index contributed by atoms with van der Waals surface area (Å²) in [6.07, 6.45) is 58.5. The fourth-order valence-corrected chi connectivity index (χ4v) is 11.5. The van der Waals surface area contributed by atoms with Gasteiger partial charge in [-0.25, -0.2) is 0 Å². The lowest BCUT2D eigenvalue weighted by atomic mass is 9.98. The number of hydrogen-bond acceptors (Lipinski definition) is 10. The van der Waals surface area contributed by atoms with E-state index < -0.39 is 74.2 Å². The number of carbonyl (C=O) groups is 1. The van der Waals surface area contributed by atoms with E-state index in [4.69, 9.17) is 9.47 Å². The molecule has 1 heterocycles. The standard InChI is InChI=1S/C68H133NO10/c1-3-5-7-9-11-13-15-17-19-21-23-25-27-29-31-33-35-37-39-41-43-45-47-49-51-53-55-60(71)63(73)59(58-78-68-66(76)65(75)64(74)62(57-70)79-68)69-67(77)61(72)56-54-52-50-48-46-44-42-40-38-36-34-32-30-28-26-24-22-20-18-16-14-12-10-8-6-4-2/h30,32,59-66,68,70-76H,3-29,31,33-58H2,1-2H3,(H,69,77)/b32-30-. The Labute approximate surface area is 487 Å². The van der Waals surface area contributed by atoms with Crippen molar-refractivity contribution in [1.29, 1.82) is 0 Å². The van der Waals surface area contributed by atoms with E-state index in [0.29, 0.717) is 19.3 Å². The molecule has 11 nitrogen and oxygen atoms in total. The maximum absolute atomic E-state index is 13.2. The summed E-state index contributed by atoms with van der Waals surface area (Å²) in [4.78, 5) is 13.2. The first kappa shape index (κ1) is 75.9. The molecule has 470 valence electrons. The number of carbonyl (C=O) groups excluding carboxylic acids is 1. The summed E-state index contributed by atoms with van der Waals surface area (Å²) in [5.74, 6) is -0.691. The van der Waals surface area contributed by atoms with E-state index in [1.165, 1.54) is 270 Å². The molecule has 0 radical (unpaired) electrons. The molecule has 0 saturated carbocycles. The van der Waals surface area contributed by atoms with E-state index in [1.54, 1.807) is 0 Å². The molecule has 1 amide bonds. The highest BCUT2D eigenvalue weighted by Crippen LogP contribution is 2.24. The van der Waals surface area contributed by atoms with Crippen LogP contribution in [0.5, 0.6) is 0 Å². The predicted molar refractivity (Wildman–Crippen MR) is 330 cm³/mol. The van der Waals surface area contributed by atoms with Crippen LogP contribution in [-0.4, -0.2) is 110 Å². The molecule has 1 saturated heterocycles. The molecule has 0 aromatic rings. The van der Waals surface area contributed by atoms with Crippen LogP contribution in [0.2, 0.25) is 0 Å². The van der Waals surface area contributed by atoms with Gasteiger partial charge in [0.25, 0.3) is 0 Å². The van der Waals surface area contributed by atoms with Crippen LogP contribution in [0.25, 0.3) is 0 Å². The minimum atomic E-state index is -1.66. The smallest absolute Gasteiger partial charge is 0.249 e. The van der Waals surface area contributed by atoms with Gasteiger partial charge in [0.15, 0.2) is 6.29 Å². The Balaban J connectivity index is 2.21. The minimum Gasteiger partial charge on any atom is -0.394 e. The molecule has 0 aromatic heterocycles. The van der Waals surface area contributed by atoms with Crippen LogP contribution in [0, 0.1) is 0 Å². The molecule has 1 aliphatic heterocycles. The molecule has 9 atom stereocenters. The summed E-state index contributed by atoms with van der Waals surface area (Å²) in [5.41, 5.74) is 0. The molecular formula is C68H133NO10. The first-order chi connectivity index (χ1) is 38.7. The van der Waals surface area contributed by atoms with Crippen molar-refractivity contribution < 1.29 is 50.0 Å². The van der Waals surface area contributed by atoms with E-state index >= 15 is 0 Å². The van der Waals surface area contributed by atoms with Crippen LogP contribution in [-0.2, 0) is 14.3 Å². The number of hydrogen-bond donors (Lipinski definition) is 8. The topological polar surface area (TPSA) is 189 Å². The van der Waals surface area contributed by atoms with Gasteiger partial charge < -0.3 is 50.5 Å². The Morgan fingerprint density at radius 1 is 0.430 bits per heavy atom. The van der Waals surface area contributed by atoms with Crippen molar-refractivity contribution in [3.63, 3.8) is 0 Å². The number of rotatable bonds is 61. The number of aliphatic hydroxyl groups excluding tert-OH is 7. The zero-order valence-corrected chi connectivity index (χ0v) is 51.9. The fraction of sp³-hybridized carbons (Fsp3) is 0.956. The van der Waals surface area contributed by atoms with Crippen LogP contribution in [0.4, 0.5) is 0 Å². The number of nitrogens with one attached hydrogen (secondary N) is 1. The largest absolute Gasteiger partial charge is 0.394 e. The van der Waals surface area contributed by atoms with Crippen LogP contribution in [0.15, 0.2) is 12.2 Å². The third-order valence-corrected chi connectivity index (χ3v) is 17.1. The zero-order valence-electron chi connectivity index (χ0n) is 51.9. The van der Waals surface area contributed by atoms with Crippen LogP contribution >= 0.6 is 0 Å². The lowest BCUT2D eigenvalue weighted by Gasteiger charge is -2.40. The lowest BCUT2D eigenvalue weighted by molar-refractivity contribution is -0.303. The van der Waals surface area contributed by atoms with Crippen molar-refractivity contribution in [2.75, 3.05) is 13.2 Å². The third-order valence-electron chi connectivity index (χ3n) is 17.1. The molecule has 0 bridgehead atoms. The molecule has 11 heteroatoms. The number of aliphatic hydroxyl groups is 7. The molecular weight excluding hydrogens is 991 g/mol. The van der Waals surface area contributed by atoms with E-state index in [2.05, 4.69) is 31.3 Å². The summed E-state index contributed by atoms with van der Waals surface area (Å²) < 4.78 is 11.2. The molecule has 0 aromatic carbocycles. The normalized spacial score (nSPS) is 19.3. The summed E-state index contributed by atoms with van der Waals surface area (Å²) >= 11 is 0. The molecule has 79 heavy (non-hydrogen) atoms. The van der Waals surface area contributed by atoms with Gasteiger partial charge in [0, 0.05) is 0 Å². The van der Waals surface area contributed by atoms with Crippen molar-refractivity contribution >= 4 is 5.91 Å². The van der Waals surface area contributed by atoms with Gasteiger partial charge in [0.2, 0.25) is 5.91 Å². The average Bonchev–Trinajstić information content (AvgIpc) is 3.46. The second kappa shape index (κ2) is 57.3. The van der Waals surface area contributed by atoms with E-state index in [-0.39, 0.29) is 6.42 Å². The van der Waals surface area contributed by atoms with Crippen LogP contribution < -0.4 is 5.32 Å². The van der Waals surface area contributed by atoms with Crippen LogP contribution in [0.1, 0.15) is 348 Å². The Kier molecular flexibility index (Phi) is 55.0. The Morgan fingerprint density at radius 2 is 0.734 bits per heavy atom. The summed E-state index contributed by atoms with van der Waals surface area (Å²) in [7, 11) is 0. The maximum atomic E-state index is 13.2. The predicted octanol–water partition coefficient (Wildman–Crippen LogP) is 16.3. The highest BCUT2D eigenvalue weighted by Gasteiger charge is 2.44. The average molecular weight is 1120 g/mol. The SMILES string of the molecule is CCCCCCCCCCCCCC/C=C\CCCCCCCCCCCCC(O)C(=O)NC(COC1OC(CO)C(O)C(O)C1O)C(O)C(O)CCCCCCCCCCCCCCCCCCCCCCCCCCCC. The molecule has 1 rings (SSSR count). The monoisotopic (exact) mass is 1120 g/mol. The second-order valence-corrected chi connectivity index (χ2v) is 24.6. The Morgan fingerprint density at radius 3 is 1.06 bits per heavy atom. The fourth-order valence-electron chi connectivity index (χ4n) is 11.5. The number of amides is 1. The van der Waals surface area contributed by atoms with E-state index in [0.717, 1.165) is 38.5 Å². The number of ether oxygens (including phenoxy) is 2. The Hall–Kier alpha value is -1.15. The summed E-state index contributed by atoms with van der Waals surface area (Å²) in [5, 5.41) is 76.5. The number of unbranched alkanes of at least 4 members (excludes halogenated alkanes) is 47. The maximum Gasteiger partial charge on any atom is 0.249 e. The first-order valence-corrected chi connectivity index (χ1v) is 34.6. The molecule has 8 N–H and O–H groups in total. The molecule has 9 unspecified atom stereocenters. The van der Waals surface area contributed by atoms with Gasteiger partial charge in [-0.2, -0.15) is 0 Å². The van der Waals surface area contributed by atoms with E-state index in [1.807, 2.05) is 0 Å². The van der Waals surface area contributed by atoms with Gasteiger partial charge in [-0.05, 0) is 38.5 Å². The highest BCUT2D eigenvalue weighted by atomic mass is 16.7. The van der Waals surface area contributed by atoms with Crippen molar-refractivity contribution in [3.05, 3.63) is 12.2 Å². The van der Waals surface area contributed by atoms with Gasteiger partial charge in [-0.15, -0.1) is 0 Å². The van der Waals surface area contributed by atoms with Crippen molar-refractivity contribution in [2.24, 2.45) is 0 Å². The van der Waals surface area contributed by atoms with E-state index in [9.17, 15) is 40.5 Å². The van der Waals surface area contributed by atoms with Gasteiger partial charge >= 0.3 is 0 Å². The highest BCUT2D eigenvalue weighted by molar-refractivity contribution is 5.80. The van der Waals surface area contributed by atoms with Gasteiger partial charge in [-0.3, -0.25) is 4.79 Å². The quantitative estimate of drug-likeness (QED) is 0.0215. The van der Waals surface area contributed by atoms with Gasteiger partial charge in [-0.1, -0.05) is 321 Å². The van der Waals surface area contributed by atoms with Crippen molar-refractivity contribution in [2.45, 2.75) is 403 Å². The lowest BCUT2D eigenvalue weighted by Crippen LogP contribution is -2.60. The minimum absolute atomic E-state index is 0.262. The van der Waals surface area contributed by atoms with Crippen molar-refractivity contribution in [1.82, 2.24) is 5.32 Å². The van der Waals surface area contributed by atoms with Crippen LogP contribution in [0.3, 0.4) is 0 Å². The Bertz CT molecular complexity index is 1290.